The molecular formula is C22H21NO5. The van der Waals surface area contributed by atoms with Gasteiger partial charge < -0.3 is 18.9 Å². The molecule has 6 nitrogen and oxygen atoms in total. The summed E-state index contributed by atoms with van der Waals surface area (Å²) in [6.45, 7) is 2.83. The molecule has 0 saturated carbocycles. The van der Waals surface area contributed by atoms with Crippen molar-refractivity contribution in [2.45, 2.75) is 18.9 Å². The van der Waals surface area contributed by atoms with E-state index in [4.69, 9.17) is 18.9 Å². The summed E-state index contributed by atoms with van der Waals surface area (Å²) in [7, 11) is 3.20. The highest BCUT2D eigenvalue weighted by atomic mass is 16.7. The second-order valence-corrected chi connectivity index (χ2v) is 7.04. The molecule has 0 amide bonds. The molecule has 1 unspecified atom stereocenters. The molecule has 1 spiro atoms. The van der Waals surface area contributed by atoms with Crippen molar-refractivity contribution < 1.29 is 23.7 Å². The normalized spacial score (nSPS) is 23.1. The molecule has 144 valence electrons. The summed E-state index contributed by atoms with van der Waals surface area (Å²) >= 11 is 0. The van der Waals surface area contributed by atoms with E-state index >= 15 is 0 Å². The molecule has 2 aromatic carbocycles. The summed E-state index contributed by atoms with van der Waals surface area (Å²) in [5.74, 6) is 2.60. The molecule has 0 fully saturated rings. The number of ether oxygens (including phenoxy) is 4. The smallest absolute Gasteiger partial charge is 0.231 e. The Labute approximate surface area is 163 Å². The van der Waals surface area contributed by atoms with Crippen molar-refractivity contribution in [3.63, 3.8) is 0 Å². The van der Waals surface area contributed by atoms with E-state index in [1.807, 2.05) is 31.2 Å². The topological polar surface area (TPSA) is 66.0 Å². The minimum Gasteiger partial charge on any atom is -0.493 e. The van der Waals surface area contributed by atoms with Gasteiger partial charge in [0, 0.05) is 17.7 Å². The highest BCUT2D eigenvalue weighted by Crippen LogP contribution is 2.55. The maximum absolute atomic E-state index is 13.8. The van der Waals surface area contributed by atoms with Gasteiger partial charge in [-0.05, 0) is 54.3 Å². The van der Waals surface area contributed by atoms with Gasteiger partial charge in [-0.15, -0.1) is 0 Å². The fourth-order valence-corrected chi connectivity index (χ4v) is 4.72. The maximum atomic E-state index is 13.8. The van der Waals surface area contributed by atoms with Gasteiger partial charge in [-0.3, -0.25) is 10.1 Å². The second-order valence-electron chi connectivity index (χ2n) is 7.04. The van der Waals surface area contributed by atoms with Crippen molar-refractivity contribution in [3.8, 4) is 23.0 Å². The highest BCUT2D eigenvalue weighted by Gasteiger charge is 2.54. The van der Waals surface area contributed by atoms with Crippen molar-refractivity contribution in [3.05, 3.63) is 52.6 Å². The Morgan fingerprint density at radius 2 is 1.93 bits per heavy atom. The van der Waals surface area contributed by atoms with Crippen LogP contribution in [0.5, 0.6) is 23.0 Å². The number of Topliss-reactive ketones (excluding diaryl/α,β-unsaturated/α-hetero) is 1. The van der Waals surface area contributed by atoms with Gasteiger partial charge in [-0.2, -0.15) is 0 Å². The van der Waals surface area contributed by atoms with E-state index in [-0.39, 0.29) is 12.6 Å². The summed E-state index contributed by atoms with van der Waals surface area (Å²) in [5, 5.41) is 3.52. The van der Waals surface area contributed by atoms with Gasteiger partial charge in [0.25, 0.3) is 0 Å². The van der Waals surface area contributed by atoms with Gasteiger partial charge in [0.2, 0.25) is 6.79 Å². The van der Waals surface area contributed by atoms with Crippen molar-refractivity contribution >= 4 is 11.4 Å². The third-order valence-corrected chi connectivity index (χ3v) is 5.88. The fraction of sp³-hybridized carbons (Fsp3) is 0.318. The molecule has 0 saturated heterocycles. The number of hydrogen-bond donors (Lipinski definition) is 1. The van der Waals surface area contributed by atoms with E-state index in [0.717, 1.165) is 34.4 Å². The summed E-state index contributed by atoms with van der Waals surface area (Å²) in [4.78, 5) is 13.8. The zero-order valence-electron chi connectivity index (χ0n) is 16.0. The third-order valence-electron chi connectivity index (χ3n) is 5.88. The first-order chi connectivity index (χ1) is 13.7. The summed E-state index contributed by atoms with van der Waals surface area (Å²) in [6, 6.07) is 7.55. The number of ketones is 1. The number of carbonyl (C=O) groups is 1. The zero-order valence-corrected chi connectivity index (χ0v) is 16.0. The lowest BCUT2D eigenvalue weighted by Gasteiger charge is -2.37. The number of allylic oxidation sites excluding steroid dienone is 1. The highest BCUT2D eigenvalue weighted by molar-refractivity contribution is 6.22. The molecule has 5 rings (SSSR count). The van der Waals surface area contributed by atoms with Crippen molar-refractivity contribution in [2.24, 2.45) is 0 Å². The molecule has 2 heterocycles. The molecule has 0 aromatic heterocycles. The molecule has 6 heteroatoms. The molecule has 28 heavy (non-hydrogen) atoms. The summed E-state index contributed by atoms with van der Waals surface area (Å²) in [6.07, 6.45) is 2.80. The van der Waals surface area contributed by atoms with Crippen LogP contribution in [0.3, 0.4) is 0 Å². The Morgan fingerprint density at radius 3 is 2.64 bits per heavy atom. The van der Waals surface area contributed by atoms with E-state index in [9.17, 15) is 4.79 Å². The number of fused-ring (bicyclic) bond motifs is 4. The SMILES string of the molecule is C/C=C1/c2c(ccc(OC)c2OC)C(=O)C12NCCc1cc3c(cc12)OCO3. The van der Waals surface area contributed by atoms with E-state index < -0.39 is 5.54 Å². The average molecular weight is 379 g/mol. The van der Waals surface area contributed by atoms with Crippen LogP contribution in [-0.4, -0.2) is 33.3 Å². The molecule has 2 aliphatic heterocycles. The largest absolute Gasteiger partial charge is 0.493 e. The number of methoxy groups -OCH3 is 2. The lowest BCUT2D eigenvalue weighted by molar-refractivity contribution is 0.0904. The Morgan fingerprint density at radius 1 is 1.14 bits per heavy atom. The van der Waals surface area contributed by atoms with E-state index in [0.29, 0.717) is 29.4 Å². The van der Waals surface area contributed by atoms with Crippen LogP contribution in [0.15, 0.2) is 30.3 Å². The first kappa shape index (κ1) is 17.1. The summed E-state index contributed by atoms with van der Waals surface area (Å²) < 4.78 is 22.3. The van der Waals surface area contributed by atoms with Crippen LogP contribution < -0.4 is 24.3 Å². The van der Waals surface area contributed by atoms with Crippen LogP contribution in [-0.2, 0) is 12.0 Å². The molecule has 1 aliphatic carbocycles. The van der Waals surface area contributed by atoms with Crippen LogP contribution in [0.2, 0.25) is 0 Å². The minimum absolute atomic E-state index is 0.0105. The number of benzene rings is 2. The van der Waals surface area contributed by atoms with Gasteiger partial charge in [-0.1, -0.05) is 6.08 Å². The van der Waals surface area contributed by atoms with E-state index in [1.54, 1.807) is 20.3 Å². The third kappa shape index (κ3) is 1.98. The lowest BCUT2D eigenvalue weighted by Crippen LogP contribution is -2.51. The molecule has 1 atom stereocenters. The van der Waals surface area contributed by atoms with Crippen molar-refractivity contribution in [1.82, 2.24) is 5.32 Å². The molecule has 1 N–H and O–H groups in total. The summed E-state index contributed by atoms with van der Waals surface area (Å²) in [5.41, 5.74) is 3.33. The average Bonchev–Trinajstić information content (AvgIpc) is 3.27. The Balaban J connectivity index is 1.80. The number of carbonyl (C=O) groups excluding carboxylic acids is 1. The lowest BCUT2D eigenvalue weighted by atomic mass is 9.76. The van der Waals surface area contributed by atoms with Crippen LogP contribution in [0.25, 0.3) is 5.57 Å². The van der Waals surface area contributed by atoms with Gasteiger partial charge in [0.15, 0.2) is 28.8 Å². The van der Waals surface area contributed by atoms with Gasteiger partial charge in [0.05, 0.1) is 14.2 Å². The minimum atomic E-state index is -0.967. The van der Waals surface area contributed by atoms with Gasteiger partial charge in [0.1, 0.15) is 5.54 Å². The Kier molecular flexibility index (Phi) is 3.67. The standard InChI is InChI=1S/C22H21NO5/c1-4-14-19-13(5-6-16(25-2)20(19)26-3)21(24)22(14)15-10-18-17(27-11-28-18)9-12(15)7-8-23-22/h4-6,9-10,23H,7-8,11H2,1-3H3/b14-4-. The van der Waals surface area contributed by atoms with Gasteiger partial charge >= 0.3 is 0 Å². The van der Waals surface area contributed by atoms with Crippen LogP contribution >= 0.6 is 0 Å². The predicted molar refractivity (Wildman–Crippen MR) is 103 cm³/mol. The first-order valence-electron chi connectivity index (χ1n) is 9.30. The molecule has 2 aromatic rings. The van der Waals surface area contributed by atoms with Crippen LogP contribution in [0, 0.1) is 0 Å². The number of nitrogens with one attached hydrogen (secondary N) is 1. The molecular weight excluding hydrogens is 358 g/mol. The maximum Gasteiger partial charge on any atom is 0.231 e. The van der Waals surface area contributed by atoms with Gasteiger partial charge in [-0.25, -0.2) is 0 Å². The van der Waals surface area contributed by atoms with E-state index in [2.05, 4.69) is 5.32 Å². The second kappa shape index (κ2) is 6.01. The molecule has 0 bridgehead atoms. The van der Waals surface area contributed by atoms with E-state index in [1.165, 1.54) is 0 Å². The van der Waals surface area contributed by atoms with Crippen LogP contribution in [0.4, 0.5) is 0 Å². The quantitative estimate of drug-likeness (QED) is 0.865. The first-order valence-corrected chi connectivity index (χ1v) is 9.30. The van der Waals surface area contributed by atoms with Crippen LogP contribution in [0.1, 0.15) is 34.0 Å². The number of rotatable bonds is 2. The zero-order chi connectivity index (χ0) is 19.5. The fourth-order valence-electron chi connectivity index (χ4n) is 4.72. The Bertz CT molecular complexity index is 1040. The van der Waals surface area contributed by atoms with Crippen molar-refractivity contribution in [1.29, 1.82) is 0 Å². The molecule has 3 aliphatic rings. The molecule has 0 radical (unpaired) electrons. The predicted octanol–water partition coefficient (Wildman–Crippen LogP) is 3.07. The number of hydrogen-bond acceptors (Lipinski definition) is 6. The Hall–Kier alpha value is -2.99. The van der Waals surface area contributed by atoms with Crippen molar-refractivity contribution in [2.75, 3.05) is 27.6 Å². The monoisotopic (exact) mass is 379 g/mol.